The van der Waals surface area contributed by atoms with Gasteiger partial charge in [-0.15, -0.1) is 0 Å². The zero-order valence-electron chi connectivity index (χ0n) is 17.0. The lowest BCUT2D eigenvalue weighted by atomic mass is 9.97. The molecule has 1 saturated carbocycles. The number of carbonyl (C=O) groups excluding carboxylic acids is 3. The van der Waals surface area contributed by atoms with Crippen molar-refractivity contribution in [1.82, 2.24) is 15.5 Å². The monoisotopic (exact) mass is 401 g/mol. The second-order valence-electron chi connectivity index (χ2n) is 7.86. The molecule has 0 unspecified atom stereocenters. The van der Waals surface area contributed by atoms with Crippen molar-refractivity contribution in [2.75, 3.05) is 36.8 Å². The maximum absolute atomic E-state index is 12.6. The minimum Gasteiger partial charge on any atom is -0.356 e. The number of anilines is 2. The molecule has 2 aliphatic rings. The lowest BCUT2D eigenvalue weighted by Crippen LogP contribution is -2.47. The van der Waals surface area contributed by atoms with Gasteiger partial charge >= 0.3 is 12.1 Å². The van der Waals surface area contributed by atoms with Gasteiger partial charge in [-0.3, -0.25) is 4.79 Å². The highest BCUT2D eigenvalue weighted by Crippen LogP contribution is 2.28. The summed E-state index contributed by atoms with van der Waals surface area (Å²) in [6.07, 6.45) is 4.93. The summed E-state index contributed by atoms with van der Waals surface area (Å²) < 4.78 is 0. The first kappa shape index (κ1) is 21.0. The van der Waals surface area contributed by atoms with E-state index >= 15 is 0 Å². The Morgan fingerprint density at radius 3 is 2.34 bits per heavy atom. The first-order chi connectivity index (χ1) is 14.0. The fourth-order valence-corrected chi connectivity index (χ4v) is 3.34. The average molecular weight is 402 g/mol. The van der Waals surface area contributed by atoms with E-state index in [1.807, 2.05) is 6.92 Å². The van der Waals surface area contributed by atoms with E-state index in [1.54, 1.807) is 29.2 Å². The van der Waals surface area contributed by atoms with Crippen molar-refractivity contribution in [2.24, 2.45) is 11.8 Å². The summed E-state index contributed by atoms with van der Waals surface area (Å²) >= 11 is 0. The van der Waals surface area contributed by atoms with E-state index in [-0.39, 0.29) is 23.9 Å². The van der Waals surface area contributed by atoms with Crippen LogP contribution in [0.25, 0.3) is 0 Å². The molecule has 4 N–H and O–H groups in total. The molecule has 0 aromatic heterocycles. The number of nitrogens with one attached hydrogen (secondary N) is 4. The summed E-state index contributed by atoms with van der Waals surface area (Å²) in [5, 5.41) is 11.4. The Morgan fingerprint density at radius 1 is 1.00 bits per heavy atom. The molecule has 1 heterocycles. The van der Waals surface area contributed by atoms with Gasteiger partial charge in [-0.25, -0.2) is 9.59 Å². The quantitative estimate of drug-likeness (QED) is 0.565. The smallest absolute Gasteiger partial charge is 0.321 e. The second kappa shape index (κ2) is 10.1. The molecule has 1 saturated heterocycles. The summed E-state index contributed by atoms with van der Waals surface area (Å²) in [5.74, 6) is 0.574. The standard InChI is InChI=1S/C21H31N5O3/c1-2-11-22-20(28)24-17-7-9-18(10-8-17)25-21(29)26-12-3-4-16(14-26)19(27)23-13-15-5-6-15/h7-10,15-16H,2-6,11-14H2,1H3,(H,23,27)(H,25,29)(H2,22,24,28)/t16-/m0/s1. The van der Waals surface area contributed by atoms with Crippen LogP contribution >= 0.6 is 0 Å². The first-order valence-electron chi connectivity index (χ1n) is 10.5. The number of hydrogen-bond donors (Lipinski definition) is 4. The van der Waals surface area contributed by atoms with Crippen LogP contribution in [-0.4, -0.2) is 49.0 Å². The Morgan fingerprint density at radius 2 is 1.69 bits per heavy atom. The molecule has 8 heteroatoms. The number of carbonyl (C=O) groups is 3. The number of urea groups is 2. The third-order valence-electron chi connectivity index (χ3n) is 5.27. The Bertz CT molecular complexity index is 718. The summed E-state index contributed by atoms with van der Waals surface area (Å²) in [6, 6.07) is 6.53. The largest absolute Gasteiger partial charge is 0.356 e. The molecular formula is C21H31N5O3. The summed E-state index contributed by atoms with van der Waals surface area (Å²) in [6.45, 7) is 4.46. The van der Waals surface area contributed by atoms with E-state index in [0.717, 1.165) is 25.8 Å². The predicted octanol–water partition coefficient (Wildman–Crippen LogP) is 2.99. The van der Waals surface area contributed by atoms with Crippen molar-refractivity contribution in [1.29, 1.82) is 0 Å². The van der Waals surface area contributed by atoms with E-state index < -0.39 is 0 Å². The lowest BCUT2D eigenvalue weighted by molar-refractivity contribution is -0.126. The molecule has 8 nitrogen and oxygen atoms in total. The molecule has 0 spiro atoms. The Hall–Kier alpha value is -2.77. The molecule has 1 atom stereocenters. The van der Waals surface area contributed by atoms with Crippen LogP contribution < -0.4 is 21.3 Å². The van der Waals surface area contributed by atoms with Crippen LogP contribution in [-0.2, 0) is 4.79 Å². The van der Waals surface area contributed by atoms with Gasteiger partial charge in [0.2, 0.25) is 5.91 Å². The highest BCUT2D eigenvalue weighted by atomic mass is 16.2. The van der Waals surface area contributed by atoms with Crippen molar-refractivity contribution >= 4 is 29.3 Å². The van der Waals surface area contributed by atoms with Crippen molar-refractivity contribution in [3.05, 3.63) is 24.3 Å². The van der Waals surface area contributed by atoms with Gasteiger partial charge in [0.05, 0.1) is 5.92 Å². The van der Waals surface area contributed by atoms with Gasteiger partial charge in [-0.2, -0.15) is 0 Å². The van der Waals surface area contributed by atoms with E-state index in [4.69, 9.17) is 0 Å². The van der Waals surface area contributed by atoms with Crippen LogP contribution in [0.1, 0.15) is 39.0 Å². The van der Waals surface area contributed by atoms with Crippen molar-refractivity contribution in [2.45, 2.75) is 39.0 Å². The van der Waals surface area contributed by atoms with Gasteiger partial charge in [-0.05, 0) is 62.3 Å². The van der Waals surface area contributed by atoms with Crippen LogP contribution in [0.15, 0.2) is 24.3 Å². The van der Waals surface area contributed by atoms with E-state index in [2.05, 4.69) is 21.3 Å². The fraction of sp³-hybridized carbons (Fsp3) is 0.571. The van der Waals surface area contributed by atoms with Crippen LogP contribution in [0, 0.1) is 11.8 Å². The molecule has 5 amide bonds. The van der Waals surface area contributed by atoms with Gasteiger partial charge in [0.15, 0.2) is 0 Å². The van der Waals surface area contributed by atoms with Gasteiger partial charge in [0.1, 0.15) is 0 Å². The second-order valence-corrected chi connectivity index (χ2v) is 7.86. The SMILES string of the molecule is CCCNC(=O)Nc1ccc(NC(=O)N2CCC[C@H](C(=O)NCC3CC3)C2)cc1. The van der Waals surface area contributed by atoms with E-state index in [1.165, 1.54) is 12.8 Å². The number of rotatable bonds is 7. The van der Waals surface area contributed by atoms with Crippen LogP contribution in [0.5, 0.6) is 0 Å². The van der Waals surface area contributed by atoms with Gasteiger partial charge in [0, 0.05) is 37.6 Å². The highest BCUT2D eigenvalue weighted by Gasteiger charge is 2.29. The fourth-order valence-electron chi connectivity index (χ4n) is 3.34. The summed E-state index contributed by atoms with van der Waals surface area (Å²) in [7, 11) is 0. The minimum absolute atomic E-state index is 0.0613. The normalized spacial score (nSPS) is 18.7. The van der Waals surface area contributed by atoms with Gasteiger partial charge in [-0.1, -0.05) is 6.92 Å². The van der Waals surface area contributed by atoms with Crippen molar-refractivity contribution in [3.8, 4) is 0 Å². The molecular weight excluding hydrogens is 370 g/mol. The van der Waals surface area contributed by atoms with Crippen molar-refractivity contribution < 1.29 is 14.4 Å². The molecule has 1 aliphatic heterocycles. The third kappa shape index (κ3) is 6.66. The first-order valence-corrected chi connectivity index (χ1v) is 10.5. The Balaban J connectivity index is 1.46. The summed E-state index contributed by atoms with van der Waals surface area (Å²) in [5.41, 5.74) is 1.30. The topological polar surface area (TPSA) is 103 Å². The summed E-state index contributed by atoms with van der Waals surface area (Å²) in [4.78, 5) is 38.3. The molecule has 1 aromatic rings. The number of hydrogen-bond acceptors (Lipinski definition) is 3. The molecule has 2 fully saturated rings. The molecule has 1 aliphatic carbocycles. The van der Waals surface area contributed by atoms with Crippen LogP contribution in [0.2, 0.25) is 0 Å². The van der Waals surface area contributed by atoms with Crippen LogP contribution in [0.4, 0.5) is 21.0 Å². The van der Waals surface area contributed by atoms with Crippen LogP contribution in [0.3, 0.4) is 0 Å². The Kier molecular flexibility index (Phi) is 7.32. The zero-order chi connectivity index (χ0) is 20.6. The Labute approximate surface area is 171 Å². The van der Waals surface area contributed by atoms with E-state index in [9.17, 15) is 14.4 Å². The third-order valence-corrected chi connectivity index (χ3v) is 5.27. The number of nitrogens with zero attached hydrogens (tertiary/aromatic N) is 1. The minimum atomic E-state index is -0.247. The van der Waals surface area contributed by atoms with Crippen molar-refractivity contribution in [3.63, 3.8) is 0 Å². The molecule has 29 heavy (non-hydrogen) atoms. The lowest BCUT2D eigenvalue weighted by Gasteiger charge is -2.32. The molecule has 0 bridgehead atoms. The van der Waals surface area contributed by atoms with Gasteiger partial charge in [0.25, 0.3) is 0 Å². The number of piperidine rings is 1. The molecule has 3 rings (SSSR count). The number of amides is 5. The average Bonchev–Trinajstić information content (AvgIpc) is 3.56. The predicted molar refractivity (Wildman–Crippen MR) is 113 cm³/mol. The molecule has 158 valence electrons. The number of benzene rings is 1. The molecule has 0 radical (unpaired) electrons. The van der Waals surface area contributed by atoms with Gasteiger partial charge < -0.3 is 26.2 Å². The maximum atomic E-state index is 12.6. The van der Waals surface area contributed by atoms with E-state index in [0.29, 0.717) is 36.9 Å². The maximum Gasteiger partial charge on any atom is 0.321 e. The highest BCUT2D eigenvalue weighted by molar-refractivity contribution is 5.92. The zero-order valence-corrected chi connectivity index (χ0v) is 17.0. The number of likely N-dealkylation sites (tertiary alicyclic amines) is 1. The molecule has 1 aromatic carbocycles.